The topological polar surface area (TPSA) is 148 Å². The summed E-state index contributed by atoms with van der Waals surface area (Å²) in [5.41, 5.74) is 2.47. The van der Waals surface area contributed by atoms with Gasteiger partial charge >= 0.3 is 12.1 Å². The number of halogens is 1. The third-order valence-electron chi connectivity index (χ3n) is 5.95. The molecule has 3 aromatic rings. The van der Waals surface area contributed by atoms with Crippen molar-refractivity contribution in [2.45, 2.75) is 38.4 Å². The first-order valence-corrected chi connectivity index (χ1v) is 12.0. The molecule has 1 saturated carbocycles. The molecule has 3 heterocycles. The van der Waals surface area contributed by atoms with Crippen molar-refractivity contribution in [2.75, 3.05) is 31.0 Å². The lowest BCUT2D eigenvalue weighted by Crippen LogP contribution is -2.52. The van der Waals surface area contributed by atoms with Gasteiger partial charge in [-0.25, -0.2) is 23.9 Å². The van der Waals surface area contributed by atoms with Crippen molar-refractivity contribution in [1.82, 2.24) is 20.3 Å². The van der Waals surface area contributed by atoms with Crippen LogP contribution in [0, 0.1) is 6.92 Å². The van der Waals surface area contributed by atoms with Gasteiger partial charge in [0.1, 0.15) is 18.1 Å². The highest BCUT2D eigenvalue weighted by molar-refractivity contribution is 5.90. The zero-order chi connectivity index (χ0) is 27.3. The Bertz CT molecular complexity index is 1330. The van der Waals surface area contributed by atoms with Crippen molar-refractivity contribution in [3.05, 3.63) is 48.4 Å². The van der Waals surface area contributed by atoms with Gasteiger partial charge in [-0.15, -0.1) is 0 Å². The van der Waals surface area contributed by atoms with Crippen molar-refractivity contribution in [2.24, 2.45) is 0 Å². The second-order valence-corrected chi connectivity index (χ2v) is 9.17. The smallest absolute Gasteiger partial charge is 0.412 e. The average Bonchev–Trinajstić information content (AvgIpc) is 2.87. The molecule has 1 aliphatic rings. The van der Waals surface area contributed by atoms with Crippen molar-refractivity contribution in [3.8, 4) is 28.3 Å². The number of urea groups is 1. The van der Waals surface area contributed by atoms with Crippen molar-refractivity contribution < 1.29 is 28.6 Å². The van der Waals surface area contributed by atoms with E-state index in [-0.39, 0.29) is 43.8 Å². The Labute approximate surface area is 218 Å². The number of anilines is 2. The first kappa shape index (κ1) is 26.7. The number of nitrogens with one attached hydrogen (secondary N) is 3. The normalized spacial score (nSPS) is 18.2. The minimum atomic E-state index is -1.24. The SMILES string of the molecule is COC(=O)Nc1cc(-c2cc(-c3cc(NC(=O)N[C@H]4C[C@](C)(F)C4)cnc3C)cc(OCCO)n2)ccn1. The Morgan fingerprint density at radius 2 is 1.95 bits per heavy atom. The summed E-state index contributed by atoms with van der Waals surface area (Å²) in [6, 6.07) is 8.00. The first-order chi connectivity index (χ1) is 18.2. The van der Waals surface area contributed by atoms with Gasteiger partial charge in [0.2, 0.25) is 5.88 Å². The van der Waals surface area contributed by atoms with Gasteiger partial charge in [0.05, 0.1) is 31.3 Å². The fourth-order valence-electron chi connectivity index (χ4n) is 4.16. The van der Waals surface area contributed by atoms with Gasteiger partial charge in [-0.05, 0) is 43.7 Å². The number of aryl methyl sites for hydroxylation is 1. The van der Waals surface area contributed by atoms with Crippen LogP contribution in [0.4, 0.5) is 25.5 Å². The first-order valence-electron chi connectivity index (χ1n) is 12.0. The molecule has 1 aliphatic carbocycles. The van der Waals surface area contributed by atoms with E-state index in [0.717, 1.165) is 0 Å². The molecule has 0 saturated heterocycles. The Balaban J connectivity index is 1.63. The van der Waals surface area contributed by atoms with Gasteiger partial charge in [0.15, 0.2) is 0 Å². The van der Waals surface area contributed by atoms with Crippen molar-refractivity contribution in [1.29, 1.82) is 0 Å². The number of aliphatic hydroxyl groups is 1. The molecule has 11 nitrogen and oxygen atoms in total. The zero-order valence-corrected chi connectivity index (χ0v) is 21.2. The molecule has 0 spiro atoms. The minimum Gasteiger partial charge on any atom is -0.475 e. The molecule has 3 aromatic heterocycles. The molecule has 0 aliphatic heterocycles. The molecule has 4 N–H and O–H groups in total. The maximum absolute atomic E-state index is 13.7. The molecule has 3 amide bonds. The number of hydrogen-bond acceptors (Lipinski definition) is 8. The predicted octanol–water partition coefficient (Wildman–Crippen LogP) is 4.08. The number of alkyl halides is 1. The third-order valence-corrected chi connectivity index (χ3v) is 5.95. The molecule has 38 heavy (non-hydrogen) atoms. The number of carbonyl (C=O) groups is 2. The number of carbonyl (C=O) groups excluding carboxylic acids is 2. The highest BCUT2D eigenvalue weighted by atomic mass is 19.1. The molecule has 0 radical (unpaired) electrons. The van der Waals surface area contributed by atoms with E-state index < -0.39 is 17.8 Å². The summed E-state index contributed by atoms with van der Waals surface area (Å²) >= 11 is 0. The summed E-state index contributed by atoms with van der Waals surface area (Å²) in [6.45, 7) is 3.19. The van der Waals surface area contributed by atoms with Gasteiger partial charge in [0.25, 0.3) is 0 Å². The largest absolute Gasteiger partial charge is 0.475 e. The van der Waals surface area contributed by atoms with Gasteiger partial charge in [-0.3, -0.25) is 10.3 Å². The van der Waals surface area contributed by atoms with E-state index in [1.165, 1.54) is 26.4 Å². The highest BCUT2D eigenvalue weighted by Crippen LogP contribution is 2.35. The third kappa shape index (κ3) is 6.71. The minimum absolute atomic E-state index is 0.0411. The van der Waals surface area contributed by atoms with Crippen LogP contribution in [0.2, 0.25) is 0 Å². The number of pyridine rings is 3. The van der Waals surface area contributed by atoms with E-state index in [1.807, 2.05) is 13.0 Å². The number of hydrogen-bond donors (Lipinski definition) is 4. The van der Waals surface area contributed by atoms with E-state index >= 15 is 0 Å². The lowest BCUT2D eigenvalue weighted by molar-refractivity contribution is 0.0534. The predicted molar refractivity (Wildman–Crippen MR) is 139 cm³/mol. The van der Waals surface area contributed by atoms with Crippen molar-refractivity contribution in [3.63, 3.8) is 0 Å². The van der Waals surface area contributed by atoms with Gasteiger partial charge in [-0.2, -0.15) is 0 Å². The van der Waals surface area contributed by atoms with Crippen LogP contribution in [0.1, 0.15) is 25.5 Å². The summed E-state index contributed by atoms with van der Waals surface area (Å²) in [5.74, 6) is 0.537. The van der Waals surface area contributed by atoms with Crippen LogP contribution in [0.5, 0.6) is 5.88 Å². The second kappa shape index (κ2) is 11.4. The monoisotopic (exact) mass is 524 g/mol. The number of nitrogens with zero attached hydrogens (tertiary/aromatic N) is 3. The Morgan fingerprint density at radius 1 is 1.16 bits per heavy atom. The molecular formula is C26H29FN6O5. The maximum Gasteiger partial charge on any atom is 0.412 e. The number of methoxy groups -OCH3 is 1. The van der Waals surface area contributed by atoms with Crippen LogP contribution in [-0.2, 0) is 4.74 Å². The van der Waals surface area contributed by atoms with Gasteiger partial charge < -0.3 is 25.2 Å². The standard InChI is InChI=1S/C26H29FN6O5/c1-15-20(11-18(14-29-15)30-24(35)31-19-12-26(2,27)13-19)17-8-21(32-23(10-17)38-7-6-34)16-4-5-28-22(9-16)33-25(36)37-3/h4-5,8-11,14,19,34H,6-7,12-13H2,1-3H3,(H,28,33,36)(H2,30,31,35)/t19-,26-. The molecule has 0 atom stereocenters. The van der Waals surface area contributed by atoms with E-state index in [0.29, 0.717) is 33.8 Å². The molecule has 0 unspecified atom stereocenters. The Morgan fingerprint density at radius 3 is 2.66 bits per heavy atom. The van der Waals surface area contributed by atoms with Gasteiger partial charge in [0, 0.05) is 48.0 Å². The highest BCUT2D eigenvalue weighted by Gasteiger charge is 2.41. The summed E-state index contributed by atoms with van der Waals surface area (Å²) in [6.07, 6.45) is 2.96. The van der Waals surface area contributed by atoms with E-state index in [4.69, 9.17) is 4.74 Å². The fraction of sp³-hybridized carbons (Fsp3) is 0.346. The molecule has 12 heteroatoms. The van der Waals surface area contributed by atoms with Crippen LogP contribution in [0.15, 0.2) is 42.7 Å². The number of amides is 3. The molecule has 200 valence electrons. The fourth-order valence-corrected chi connectivity index (χ4v) is 4.16. The van der Waals surface area contributed by atoms with Crippen LogP contribution in [-0.4, -0.2) is 64.2 Å². The molecular weight excluding hydrogens is 495 g/mol. The van der Waals surface area contributed by atoms with Crippen LogP contribution in [0.3, 0.4) is 0 Å². The quantitative estimate of drug-likeness (QED) is 0.345. The van der Waals surface area contributed by atoms with Crippen molar-refractivity contribution >= 4 is 23.6 Å². The molecule has 1 fully saturated rings. The number of ether oxygens (including phenoxy) is 2. The summed E-state index contributed by atoms with van der Waals surface area (Å²) in [5, 5.41) is 17.3. The van der Waals surface area contributed by atoms with E-state index in [2.05, 4.69) is 35.6 Å². The summed E-state index contributed by atoms with van der Waals surface area (Å²) in [4.78, 5) is 37.1. The second-order valence-electron chi connectivity index (χ2n) is 9.17. The Kier molecular flexibility index (Phi) is 8.01. The number of aromatic nitrogens is 3. The lowest BCUT2D eigenvalue weighted by atomic mass is 9.79. The summed E-state index contributed by atoms with van der Waals surface area (Å²) in [7, 11) is 1.25. The summed E-state index contributed by atoms with van der Waals surface area (Å²) < 4.78 is 24.0. The van der Waals surface area contributed by atoms with E-state index in [9.17, 15) is 19.1 Å². The Hall–Kier alpha value is -4.32. The van der Waals surface area contributed by atoms with Crippen LogP contribution >= 0.6 is 0 Å². The molecule has 0 aromatic carbocycles. The van der Waals surface area contributed by atoms with E-state index in [1.54, 1.807) is 24.3 Å². The van der Waals surface area contributed by atoms with Gasteiger partial charge in [-0.1, -0.05) is 0 Å². The lowest BCUT2D eigenvalue weighted by Gasteiger charge is -2.38. The van der Waals surface area contributed by atoms with Crippen LogP contribution in [0.25, 0.3) is 22.4 Å². The maximum atomic E-state index is 13.7. The number of aliphatic hydroxyl groups excluding tert-OH is 1. The average molecular weight is 525 g/mol. The number of rotatable bonds is 8. The molecule has 4 rings (SSSR count). The molecule has 0 bridgehead atoms. The zero-order valence-electron chi connectivity index (χ0n) is 21.2. The van der Waals surface area contributed by atoms with Crippen LogP contribution < -0.4 is 20.7 Å².